The summed E-state index contributed by atoms with van der Waals surface area (Å²) in [5, 5.41) is 0. The highest BCUT2D eigenvalue weighted by atomic mass is 19.1. The number of hydrogen-bond acceptors (Lipinski definition) is 3. The van der Waals surface area contributed by atoms with E-state index in [9.17, 15) is 4.39 Å². The zero-order chi connectivity index (χ0) is 11.3. The molecule has 1 aromatic heterocycles. The topological polar surface area (TPSA) is 35.0 Å². The van der Waals surface area contributed by atoms with Gasteiger partial charge in [0.2, 0.25) is 0 Å². The van der Waals surface area contributed by atoms with E-state index in [0.717, 1.165) is 5.92 Å². The van der Waals surface area contributed by atoms with Crippen LogP contribution in [-0.2, 0) is 0 Å². The van der Waals surface area contributed by atoms with Crippen molar-refractivity contribution in [3.8, 4) is 17.7 Å². The van der Waals surface area contributed by atoms with Gasteiger partial charge in [0.25, 0.3) is 5.69 Å². The second-order valence-corrected chi connectivity index (χ2v) is 3.06. The van der Waals surface area contributed by atoms with Gasteiger partial charge >= 0.3 is 11.7 Å². The predicted molar refractivity (Wildman–Crippen MR) is 54.6 cm³/mol. The Kier molecular flexibility index (Phi) is 3.92. The van der Waals surface area contributed by atoms with Gasteiger partial charge in [0.15, 0.2) is 6.61 Å². The van der Waals surface area contributed by atoms with Gasteiger partial charge in [-0.25, -0.2) is 0 Å². The zero-order valence-corrected chi connectivity index (χ0v) is 8.97. The molecule has 0 N–H and O–H groups in total. The van der Waals surface area contributed by atoms with Crippen LogP contribution < -0.4 is 4.74 Å². The summed E-state index contributed by atoms with van der Waals surface area (Å²) >= 11 is 0. The van der Waals surface area contributed by atoms with Crippen molar-refractivity contribution in [3.63, 3.8) is 0 Å². The molecule has 0 fully saturated rings. The van der Waals surface area contributed by atoms with Crippen molar-refractivity contribution in [1.29, 1.82) is 0 Å². The van der Waals surface area contributed by atoms with E-state index < -0.39 is 5.82 Å². The smallest absolute Gasteiger partial charge is 0.354 e. The Morgan fingerprint density at radius 3 is 2.80 bits per heavy atom. The fourth-order valence-electron chi connectivity index (χ4n) is 0.980. The Labute approximate surface area is 88.7 Å². The van der Waals surface area contributed by atoms with Gasteiger partial charge in [-0.05, 0) is 6.92 Å². The van der Waals surface area contributed by atoms with Crippen LogP contribution in [0.1, 0.15) is 26.5 Å². The highest BCUT2D eigenvalue weighted by Gasteiger charge is 2.25. The average Bonchev–Trinajstić information content (AvgIpc) is 2.20. The zero-order valence-electron chi connectivity index (χ0n) is 8.97. The third-order valence-corrected chi connectivity index (χ3v) is 1.69. The summed E-state index contributed by atoms with van der Waals surface area (Å²) in [6, 6.07) is 0. The van der Waals surface area contributed by atoms with Gasteiger partial charge in [0.05, 0.1) is 5.92 Å². The number of nitrogens with zero attached hydrogens (tertiary/aromatic N) is 2. The lowest BCUT2D eigenvalue weighted by molar-refractivity contribution is 0.329. The van der Waals surface area contributed by atoms with E-state index >= 15 is 0 Å². The molecule has 1 heterocycles. The molecule has 3 nitrogen and oxygen atoms in total. The Balaban J connectivity index is 2.87. The van der Waals surface area contributed by atoms with E-state index in [4.69, 9.17) is 4.74 Å². The minimum absolute atomic E-state index is 0.0519. The number of rotatable bonds is 3. The van der Waals surface area contributed by atoms with Crippen LogP contribution in [0.5, 0.6) is 5.88 Å². The number of aromatic nitrogens is 2. The Morgan fingerprint density at radius 1 is 1.47 bits per heavy atom. The van der Waals surface area contributed by atoms with E-state index in [1.54, 1.807) is 20.8 Å². The van der Waals surface area contributed by atoms with Crippen LogP contribution in [0.4, 0.5) is 4.39 Å². The third kappa shape index (κ3) is 2.84. The summed E-state index contributed by atoms with van der Waals surface area (Å²) in [5.41, 5.74) is 0.282. The van der Waals surface area contributed by atoms with Gasteiger partial charge < -0.3 is 4.74 Å². The normalized spacial score (nSPS) is 9.07. The molecule has 0 amide bonds. The predicted octanol–water partition coefficient (Wildman–Crippen LogP) is 1.98. The SMILES string of the molecule is CC#CCOc1ncnc([C+](C)C)c1F. The van der Waals surface area contributed by atoms with Gasteiger partial charge in [-0.1, -0.05) is 10.3 Å². The fraction of sp³-hybridized carbons (Fsp3) is 0.364. The van der Waals surface area contributed by atoms with Gasteiger partial charge in [-0.2, -0.15) is 9.97 Å². The first-order chi connectivity index (χ1) is 7.16. The Hall–Kier alpha value is -1.76. The van der Waals surface area contributed by atoms with Gasteiger partial charge in [0, 0.05) is 13.8 Å². The third-order valence-electron chi connectivity index (χ3n) is 1.69. The number of halogens is 1. The molecule has 0 saturated carbocycles. The monoisotopic (exact) mass is 207 g/mol. The first kappa shape index (κ1) is 11.3. The molecule has 0 aliphatic heterocycles. The Bertz CT molecular complexity index is 393. The molecular formula is C11H12FN2O+. The molecule has 4 heteroatoms. The average molecular weight is 207 g/mol. The van der Waals surface area contributed by atoms with Crippen molar-refractivity contribution < 1.29 is 9.13 Å². The van der Waals surface area contributed by atoms with Crippen LogP contribution in [0.3, 0.4) is 0 Å². The first-order valence-corrected chi connectivity index (χ1v) is 4.50. The second-order valence-electron chi connectivity index (χ2n) is 3.06. The van der Waals surface area contributed by atoms with Crippen molar-refractivity contribution in [2.45, 2.75) is 20.8 Å². The molecule has 78 valence electrons. The van der Waals surface area contributed by atoms with Crippen molar-refractivity contribution in [3.05, 3.63) is 23.8 Å². The van der Waals surface area contributed by atoms with Gasteiger partial charge in [-0.15, -0.1) is 5.92 Å². The van der Waals surface area contributed by atoms with Crippen LogP contribution >= 0.6 is 0 Å². The van der Waals surface area contributed by atoms with E-state index in [0.29, 0.717) is 0 Å². The number of hydrogen-bond donors (Lipinski definition) is 0. The molecule has 1 aromatic rings. The van der Waals surface area contributed by atoms with Crippen LogP contribution in [0.25, 0.3) is 0 Å². The molecule has 0 aromatic carbocycles. The standard InChI is InChI=1S/C11H12FN2O/c1-4-5-6-15-11-9(12)10(8(2)3)13-7-14-11/h7H,6H2,1-3H3/q+1. The summed E-state index contributed by atoms with van der Waals surface area (Å²) in [6.07, 6.45) is 1.28. The first-order valence-electron chi connectivity index (χ1n) is 4.50. The lowest BCUT2D eigenvalue weighted by atomic mass is 10.1. The molecule has 0 spiro atoms. The molecule has 0 atom stereocenters. The molecule has 0 aliphatic rings. The van der Waals surface area contributed by atoms with Crippen LogP contribution in [0, 0.1) is 23.6 Å². The molecule has 0 unspecified atom stereocenters. The van der Waals surface area contributed by atoms with Crippen LogP contribution in [-0.4, -0.2) is 16.6 Å². The summed E-state index contributed by atoms with van der Waals surface area (Å²) in [7, 11) is 0. The lowest BCUT2D eigenvalue weighted by Crippen LogP contribution is -2.05. The molecule has 15 heavy (non-hydrogen) atoms. The summed E-state index contributed by atoms with van der Waals surface area (Å²) in [6.45, 7) is 5.38. The highest BCUT2D eigenvalue weighted by Crippen LogP contribution is 2.20. The van der Waals surface area contributed by atoms with Crippen LogP contribution in [0.15, 0.2) is 6.33 Å². The van der Waals surface area contributed by atoms with E-state index in [-0.39, 0.29) is 18.2 Å². The van der Waals surface area contributed by atoms with Gasteiger partial charge in [-0.3, -0.25) is 0 Å². The minimum Gasteiger partial charge on any atom is -0.447 e. The summed E-state index contributed by atoms with van der Waals surface area (Å²) < 4.78 is 18.7. The van der Waals surface area contributed by atoms with Crippen molar-refractivity contribution in [2.75, 3.05) is 6.61 Å². The second kappa shape index (κ2) is 5.20. The maximum atomic E-state index is 13.6. The fourth-order valence-corrected chi connectivity index (χ4v) is 0.980. The van der Waals surface area contributed by atoms with Gasteiger partial charge in [0.1, 0.15) is 6.33 Å². The lowest BCUT2D eigenvalue weighted by Gasteiger charge is -2.00. The Morgan fingerprint density at radius 2 is 2.20 bits per heavy atom. The van der Waals surface area contributed by atoms with E-state index in [2.05, 4.69) is 21.8 Å². The largest absolute Gasteiger partial charge is 0.447 e. The van der Waals surface area contributed by atoms with E-state index in [1.807, 2.05) is 0 Å². The number of ether oxygens (including phenoxy) is 1. The molecule has 0 bridgehead atoms. The molecule has 0 aliphatic carbocycles. The van der Waals surface area contributed by atoms with E-state index in [1.165, 1.54) is 6.33 Å². The van der Waals surface area contributed by atoms with Crippen molar-refractivity contribution in [2.24, 2.45) is 0 Å². The highest BCUT2D eigenvalue weighted by molar-refractivity contribution is 5.27. The maximum Gasteiger partial charge on any atom is 0.354 e. The summed E-state index contributed by atoms with van der Waals surface area (Å²) in [5.74, 6) is 5.51. The molecular weight excluding hydrogens is 195 g/mol. The van der Waals surface area contributed by atoms with Crippen molar-refractivity contribution in [1.82, 2.24) is 9.97 Å². The quantitative estimate of drug-likeness (QED) is 0.561. The van der Waals surface area contributed by atoms with Crippen LogP contribution in [0.2, 0.25) is 0 Å². The molecule has 1 rings (SSSR count). The molecule has 0 saturated heterocycles. The summed E-state index contributed by atoms with van der Waals surface area (Å²) in [4.78, 5) is 7.53. The minimum atomic E-state index is -0.532. The van der Waals surface area contributed by atoms with Crippen molar-refractivity contribution >= 4 is 0 Å². The molecule has 0 radical (unpaired) electrons. The maximum absolute atomic E-state index is 13.6.